The number of amides is 1. The van der Waals surface area contributed by atoms with Crippen molar-refractivity contribution in [3.63, 3.8) is 0 Å². The Bertz CT molecular complexity index is 1060. The number of anilines is 1. The van der Waals surface area contributed by atoms with Crippen molar-refractivity contribution in [2.45, 2.75) is 0 Å². The molecule has 0 atom stereocenters. The molecule has 0 bridgehead atoms. The van der Waals surface area contributed by atoms with Gasteiger partial charge >= 0.3 is 0 Å². The van der Waals surface area contributed by atoms with E-state index < -0.39 is 0 Å². The Morgan fingerprint density at radius 3 is 2.85 bits per heavy atom. The van der Waals surface area contributed by atoms with Crippen LogP contribution < -0.4 is 5.32 Å². The second-order valence-corrected chi connectivity index (χ2v) is 6.44. The fourth-order valence-corrected chi connectivity index (χ4v) is 3.18. The maximum atomic E-state index is 12.5. The quantitative estimate of drug-likeness (QED) is 0.598. The van der Waals surface area contributed by atoms with Crippen molar-refractivity contribution < 1.29 is 4.79 Å². The van der Waals surface area contributed by atoms with Crippen molar-refractivity contribution >= 4 is 22.9 Å². The van der Waals surface area contributed by atoms with Crippen LogP contribution in [-0.2, 0) is 7.05 Å². The highest BCUT2D eigenvalue weighted by Crippen LogP contribution is 2.25. The number of rotatable bonds is 4. The largest absolute Gasteiger partial charge is 0.321 e. The summed E-state index contributed by atoms with van der Waals surface area (Å²) in [7, 11) is 1.76. The lowest BCUT2D eigenvalue weighted by Gasteiger charge is -2.05. The molecule has 128 valence electrons. The van der Waals surface area contributed by atoms with E-state index >= 15 is 0 Å². The Labute approximate surface area is 152 Å². The Morgan fingerprint density at radius 1 is 1.15 bits per heavy atom. The third-order valence-corrected chi connectivity index (χ3v) is 4.63. The highest BCUT2D eigenvalue weighted by Gasteiger charge is 2.13. The van der Waals surface area contributed by atoms with E-state index in [2.05, 4.69) is 30.8 Å². The Kier molecular flexibility index (Phi) is 4.20. The van der Waals surface area contributed by atoms with Crippen molar-refractivity contribution in [3.05, 3.63) is 59.7 Å². The monoisotopic (exact) mass is 363 g/mol. The minimum Gasteiger partial charge on any atom is -0.321 e. The molecule has 4 rings (SSSR count). The number of nitrogens with zero attached hydrogens (tertiary/aromatic N) is 6. The fraction of sp³-hybridized carbons (Fsp3) is 0.0588. The number of pyridine rings is 1. The summed E-state index contributed by atoms with van der Waals surface area (Å²) in [5, 5.41) is 15.0. The molecule has 0 aliphatic heterocycles. The normalized spacial score (nSPS) is 10.7. The summed E-state index contributed by atoms with van der Waals surface area (Å²) >= 11 is 1.30. The second kappa shape index (κ2) is 6.81. The van der Waals surface area contributed by atoms with E-state index in [1.54, 1.807) is 24.1 Å². The van der Waals surface area contributed by atoms with Gasteiger partial charge in [-0.3, -0.25) is 9.78 Å². The van der Waals surface area contributed by atoms with Crippen LogP contribution in [0.15, 0.2) is 54.9 Å². The number of aromatic nitrogens is 6. The van der Waals surface area contributed by atoms with Crippen LogP contribution in [0.5, 0.6) is 0 Å². The molecule has 1 amide bonds. The minimum atomic E-state index is -0.224. The standard InChI is InChI=1S/C17H13N7OS/c1-24-15(21-22-23-24)11-5-4-6-12(9-11)20-16(25)14-10-19-17(26-14)13-7-2-3-8-18-13/h2-10H,1H3,(H,20,25). The van der Waals surface area contributed by atoms with Gasteiger partial charge in [-0.1, -0.05) is 18.2 Å². The highest BCUT2D eigenvalue weighted by molar-refractivity contribution is 7.17. The number of benzene rings is 1. The lowest BCUT2D eigenvalue weighted by molar-refractivity contribution is 0.103. The molecule has 0 radical (unpaired) electrons. The SMILES string of the molecule is Cn1nnnc1-c1cccc(NC(=O)c2cnc(-c3ccccn3)s2)c1. The van der Waals surface area contributed by atoms with Gasteiger partial charge in [-0.2, -0.15) is 0 Å². The van der Waals surface area contributed by atoms with Gasteiger partial charge in [-0.05, 0) is 34.7 Å². The van der Waals surface area contributed by atoms with E-state index in [9.17, 15) is 4.79 Å². The summed E-state index contributed by atoms with van der Waals surface area (Å²) in [5.74, 6) is 0.397. The zero-order valence-corrected chi connectivity index (χ0v) is 14.5. The number of thiazole rings is 1. The molecule has 0 saturated carbocycles. The topological polar surface area (TPSA) is 98.5 Å². The molecule has 0 aliphatic carbocycles. The van der Waals surface area contributed by atoms with E-state index in [1.807, 2.05) is 42.5 Å². The smallest absolute Gasteiger partial charge is 0.267 e. The molecule has 0 fully saturated rings. The molecule has 0 spiro atoms. The first kappa shape index (κ1) is 16.0. The van der Waals surface area contributed by atoms with Gasteiger partial charge in [0.25, 0.3) is 5.91 Å². The second-order valence-electron chi connectivity index (χ2n) is 5.41. The lowest BCUT2D eigenvalue weighted by Crippen LogP contribution is -2.10. The number of hydrogen-bond donors (Lipinski definition) is 1. The number of nitrogens with one attached hydrogen (secondary N) is 1. The van der Waals surface area contributed by atoms with Crippen LogP contribution in [0.1, 0.15) is 9.67 Å². The van der Waals surface area contributed by atoms with E-state index in [4.69, 9.17) is 0 Å². The van der Waals surface area contributed by atoms with Gasteiger partial charge in [0, 0.05) is 24.5 Å². The molecule has 3 heterocycles. The molecule has 1 N–H and O–H groups in total. The first-order valence-corrected chi connectivity index (χ1v) is 8.54. The first-order chi connectivity index (χ1) is 12.7. The van der Waals surface area contributed by atoms with Gasteiger partial charge in [0.1, 0.15) is 9.88 Å². The van der Waals surface area contributed by atoms with Gasteiger partial charge in [0.2, 0.25) is 0 Å². The number of aryl methyl sites for hydroxylation is 1. The summed E-state index contributed by atoms with van der Waals surface area (Å²) in [5.41, 5.74) is 2.21. The lowest BCUT2D eigenvalue weighted by atomic mass is 10.2. The maximum Gasteiger partial charge on any atom is 0.267 e. The Hall–Kier alpha value is -3.46. The Morgan fingerprint density at radius 2 is 2.08 bits per heavy atom. The zero-order chi connectivity index (χ0) is 17.9. The summed E-state index contributed by atoms with van der Waals surface area (Å²) in [6, 6.07) is 12.9. The maximum absolute atomic E-state index is 12.5. The van der Waals surface area contributed by atoms with Crippen molar-refractivity contribution in [1.29, 1.82) is 0 Å². The fourth-order valence-electron chi connectivity index (χ4n) is 2.39. The zero-order valence-electron chi connectivity index (χ0n) is 13.7. The van der Waals surface area contributed by atoms with Crippen LogP contribution in [0, 0.1) is 0 Å². The van der Waals surface area contributed by atoms with E-state index in [0.29, 0.717) is 21.4 Å². The summed E-state index contributed by atoms with van der Waals surface area (Å²) in [6.07, 6.45) is 3.25. The molecular weight excluding hydrogens is 350 g/mol. The third kappa shape index (κ3) is 3.20. The molecule has 0 saturated heterocycles. The molecule has 8 nitrogen and oxygen atoms in total. The van der Waals surface area contributed by atoms with Gasteiger partial charge in [0.05, 0.1) is 11.9 Å². The molecular formula is C17H13N7OS. The molecule has 1 aromatic carbocycles. The summed E-state index contributed by atoms with van der Waals surface area (Å²) < 4.78 is 1.57. The van der Waals surface area contributed by atoms with Crippen LogP contribution in [0.25, 0.3) is 22.1 Å². The molecule has 4 aromatic rings. The number of carbonyl (C=O) groups excluding carboxylic acids is 1. The van der Waals surface area contributed by atoms with Crippen LogP contribution in [0.3, 0.4) is 0 Å². The van der Waals surface area contributed by atoms with Crippen LogP contribution in [0.4, 0.5) is 5.69 Å². The first-order valence-electron chi connectivity index (χ1n) is 7.72. The third-order valence-electron chi connectivity index (χ3n) is 3.61. The Balaban J connectivity index is 1.54. The predicted octanol–water partition coefficient (Wildman–Crippen LogP) is 2.65. The summed E-state index contributed by atoms with van der Waals surface area (Å²) in [6.45, 7) is 0. The molecule has 3 aromatic heterocycles. The number of carbonyl (C=O) groups is 1. The van der Waals surface area contributed by atoms with Crippen molar-refractivity contribution in [3.8, 4) is 22.1 Å². The van der Waals surface area contributed by atoms with Gasteiger partial charge < -0.3 is 5.32 Å². The molecule has 0 unspecified atom stereocenters. The van der Waals surface area contributed by atoms with E-state index in [-0.39, 0.29) is 5.91 Å². The average Bonchev–Trinajstić information content (AvgIpc) is 3.32. The number of tetrazole rings is 1. The van der Waals surface area contributed by atoms with Crippen molar-refractivity contribution in [2.24, 2.45) is 7.05 Å². The van der Waals surface area contributed by atoms with Gasteiger partial charge in [0.15, 0.2) is 5.82 Å². The van der Waals surface area contributed by atoms with E-state index in [0.717, 1.165) is 11.3 Å². The highest BCUT2D eigenvalue weighted by atomic mass is 32.1. The van der Waals surface area contributed by atoms with E-state index in [1.165, 1.54) is 11.3 Å². The van der Waals surface area contributed by atoms with Crippen molar-refractivity contribution in [2.75, 3.05) is 5.32 Å². The van der Waals surface area contributed by atoms with Crippen LogP contribution in [0.2, 0.25) is 0 Å². The molecule has 0 aliphatic rings. The van der Waals surface area contributed by atoms with Crippen molar-refractivity contribution in [1.82, 2.24) is 30.2 Å². The molecule has 9 heteroatoms. The minimum absolute atomic E-state index is 0.224. The predicted molar refractivity (Wildman–Crippen MR) is 97.5 cm³/mol. The number of hydrogen-bond acceptors (Lipinski definition) is 7. The van der Waals surface area contributed by atoms with Gasteiger partial charge in [-0.15, -0.1) is 16.4 Å². The average molecular weight is 363 g/mol. The van der Waals surface area contributed by atoms with Crippen LogP contribution in [-0.4, -0.2) is 36.1 Å². The summed E-state index contributed by atoms with van der Waals surface area (Å²) in [4.78, 5) is 21.6. The van der Waals surface area contributed by atoms with Crippen LogP contribution >= 0.6 is 11.3 Å². The molecule has 26 heavy (non-hydrogen) atoms. The van der Waals surface area contributed by atoms with Gasteiger partial charge in [-0.25, -0.2) is 9.67 Å².